The van der Waals surface area contributed by atoms with Crippen molar-refractivity contribution in [1.29, 1.82) is 0 Å². The molecule has 11 heteroatoms. The number of carbonyl (C=O) groups is 1. The number of aromatic nitrogens is 2. The fourth-order valence-corrected chi connectivity index (χ4v) is 5.36. The van der Waals surface area contributed by atoms with Crippen LogP contribution in [0, 0.1) is 12.7 Å². The van der Waals surface area contributed by atoms with E-state index in [4.69, 9.17) is 10.5 Å². The van der Waals surface area contributed by atoms with Crippen molar-refractivity contribution in [3.05, 3.63) is 102 Å². The van der Waals surface area contributed by atoms with Crippen LogP contribution in [0.15, 0.2) is 88.8 Å². The number of hydrogen-bond donors (Lipinski definition) is 2. The molecule has 0 saturated heterocycles. The summed E-state index contributed by atoms with van der Waals surface area (Å²) in [7, 11) is -3.73. The van der Waals surface area contributed by atoms with Gasteiger partial charge in [0.2, 0.25) is 5.91 Å². The van der Waals surface area contributed by atoms with Gasteiger partial charge in [0, 0.05) is 31.6 Å². The van der Waals surface area contributed by atoms with E-state index in [-0.39, 0.29) is 41.4 Å². The molecule has 0 aliphatic carbocycles. The van der Waals surface area contributed by atoms with Crippen LogP contribution in [-0.2, 0) is 26.8 Å². The number of allylic oxidation sites excluding steroid dienone is 1. The molecule has 0 aliphatic heterocycles. The van der Waals surface area contributed by atoms with E-state index < -0.39 is 15.7 Å². The van der Waals surface area contributed by atoms with Gasteiger partial charge in [-0.05, 0) is 81.3 Å². The van der Waals surface area contributed by atoms with E-state index in [1.807, 2.05) is 20.8 Å². The first-order valence-electron chi connectivity index (χ1n) is 13.1. The second kappa shape index (κ2) is 12.5. The summed E-state index contributed by atoms with van der Waals surface area (Å²) in [5.74, 6) is -1.15. The second-order valence-electron chi connectivity index (χ2n) is 10.7. The highest BCUT2D eigenvalue weighted by atomic mass is 32.2. The van der Waals surface area contributed by atoms with Gasteiger partial charge in [-0.1, -0.05) is 12.1 Å². The Morgan fingerprint density at radius 2 is 1.90 bits per heavy atom. The molecule has 0 spiro atoms. The quantitative estimate of drug-likeness (QED) is 0.248. The number of ether oxygens (including phenoxy) is 1. The minimum absolute atomic E-state index is 0. The van der Waals surface area contributed by atoms with Crippen molar-refractivity contribution < 1.29 is 23.8 Å². The van der Waals surface area contributed by atoms with Crippen LogP contribution >= 0.6 is 0 Å². The van der Waals surface area contributed by atoms with Gasteiger partial charge < -0.3 is 15.8 Å². The normalized spacial score (nSPS) is 12.5. The van der Waals surface area contributed by atoms with E-state index in [2.05, 4.69) is 20.3 Å². The molecular formula is C31H34FN5O4S. The SMILES string of the molecule is Cc1cc(CC(=O)N/C(C=NC(C)(C)C)=C/N)cc(F)c1Oc1ccnc2ccc(S(=O)(=O)Cc3ccccn3)cc12.[HH]. The summed E-state index contributed by atoms with van der Waals surface area (Å²) < 4.78 is 47.5. The van der Waals surface area contributed by atoms with E-state index in [0.29, 0.717) is 33.4 Å². The van der Waals surface area contributed by atoms with Crippen LogP contribution in [0.5, 0.6) is 11.5 Å². The van der Waals surface area contributed by atoms with E-state index in [1.165, 1.54) is 49.1 Å². The van der Waals surface area contributed by atoms with Crippen LogP contribution in [0.3, 0.4) is 0 Å². The molecule has 1 amide bonds. The number of hydrogen-bond acceptors (Lipinski definition) is 8. The number of nitrogens with one attached hydrogen (secondary N) is 1. The molecule has 0 aliphatic rings. The maximum Gasteiger partial charge on any atom is 0.228 e. The zero-order chi connectivity index (χ0) is 30.5. The predicted octanol–water partition coefficient (Wildman–Crippen LogP) is 5.42. The minimum atomic E-state index is -3.73. The van der Waals surface area contributed by atoms with Crippen LogP contribution in [0.25, 0.3) is 10.9 Å². The third kappa shape index (κ3) is 7.76. The lowest BCUT2D eigenvalue weighted by Crippen LogP contribution is -2.26. The van der Waals surface area contributed by atoms with Crippen LogP contribution in [0.2, 0.25) is 0 Å². The largest absolute Gasteiger partial charge is 0.453 e. The van der Waals surface area contributed by atoms with Crippen molar-refractivity contribution in [1.82, 2.24) is 15.3 Å². The maximum absolute atomic E-state index is 15.3. The Kier molecular flexibility index (Phi) is 9.01. The summed E-state index contributed by atoms with van der Waals surface area (Å²) >= 11 is 0. The van der Waals surface area contributed by atoms with Crippen molar-refractivity contribution in [2.24, 2.45) is 10.7 Å². The lowest BCUT2D eigenvalue weighted by atomic mass is 10.1. The lowest BCUT2D eigenvalue weighted by Gasteiger charge is -2.14. The first kappa shape index (κ1) is 30.3. The molecule has 0 atom stereocenters. The molecule has 3 N–H and O–H groups in total. The van der Waals surface area contributed by atoms with E-state index in [0.717, 1.165) is 0 Å². The Bertz CT molecular complexity index is 1770. The zero-order valence-electron chi connectivity index (χ0n) is 23.8. The van der Waals surface area contributed by atoms with Crippen LogP contribution in [0.1, 0.15) is 39.0 Å². The molecular weight excluding hydrogens is 557 g/mol. The van der Waals surface area contributed by atoms with Gasteiger partial charge in [0.15, 0.2) is 21.4 Å². The minimum Gasteiger partial charge on any atom is -0.453 e. The summed E-state index contributed by atoms with van der Waals surface area (Å²) in [5.41, 5.74) is 7.38. The average Bonchev–Trinajstić information content (AvgIpc) is 2.92. The number of amides is 1. The number of halogens is 1. The number of nitrogens with zero attached hydrogens (tertiary/aromatic N) is 3. The fraction of sp³-hybridized carbons (Fsp3) is 0.226. The van der Waals surface area contributed by atoms with Gasteiger partial charge in [0.1, 0.15) is 5.75 Å². The first-order valence-corrected chi connectivity index (χ1v) is 14.7. The third-order valence-electron chi connectivity index (χ3n) is 6.02. The van der Waals surface area contributed by atoms with Gasteiger partial charge in [-0.3, -0.25) is 19.8 Å². The highest BCUT2D eigenvalue weighted by Gasteiger charge is 2.19. The summed E-state index contributed by atoms with van der Waals surface area (Å²) in [6, 6.07) is 14.0. The number of pyridine rings is 2. The Hall–Kier alpha value is -4.64. The maximum atomic E-state index is 15.3. The highest BCUT2D eigenvalue weighted by molar-refractivity contribution is 7.90. The number of rotatable bonds is 9. The molecule has 0 bridgehead atoms. The van der Waals surface area contributed by atoms with Crippen LogP contribution < -0.4 is 15.8 Å². The molecule has 4 rings (SSSR count). The molecule has 4 aromatic rings. The van der Waals surface area contributed by atoms with Crippen LogP contribution in [-0.4, -0.2) is 36.0 Å². The van der Waals surface area contributed by atoms with Gasteiger partial charge in [-0.15, -0.1) is 0 Å². The number of carbonyl (C=O) groups excluding carboxylic acids is 1. The molecule has 42 heavy (non-hydrogen) atoms. The number of benzene rings is 2. The Balaban J connectivity index is 0.00000506. The van der Waals surface area contributed by atoms with E-state index >= 15 is 4.39 Å². The van der Waals surface area contributed by atoms with E-state index in [1.54, 1.807) is 37.3 Å². The predicted molar refractivity (Wildman–Crippen MR) is 163 cm³/mol. The van der Waals surface area contributed by atoms with Crippen molar-refractivity contribution in [2.75, 3.05) is 0 Å². The molecule has 0 radical (unpaired) electrons. The zero-order valence-corrected chi connectivity index (χ0v) is 24.6. The molecule has 0 unspecified atom stereocenters. The average molecular weight is 592 g/mol. The molecule has 2 aromatic carbocycles. The molecule has 220 valence electrons. The van der Waals surface area contributed by atoms with Crippen molar-refractivity contribution in [3.63, 3.8) is 0 Å². The van der Waals surface area contributed by atoms with Crippen molar-refractivity contribution >= 4 is 32.9 Å². The number of sulfone groups is 1. The fourth-order valence-electron chi connectivity index (χ4n) is 4.06. The molecule has 2 heterocycles. The van der Waals surface area contributed by atoms with E-state index in [9.17, 15) is 13.2 Å². The molecule has 0 fully saturated rings. The van der Waals surface area contributed by atoms with Crippen LogP contribution in [0.4, 0.5) is 4.39 Å². The molecule has 9 nitrogen and oxygen atoms in total. The number of aryl methyl sites for hydroxylation is 1. The third-order valence-corrected chi connectivity index (χ3v) is 7.66. The van der Waals surface area contributed by atoms with Gasteiger partial charge in [-0.2, -0.15) is 0 Å². The Morgan fingerprint density at radius 3 is 2.57 bits per heavy atom. The Morgan fingerprint density at radius 1 is 1.12 bits per heavy atom. The summed E-state index contributed by atoms with van der Waals surface area (Å²) in [4.78, 5) is 25.4. The van der Waals surface area contributed by atoms with Crippen molar-refractivity contribution in [2.45, 2.75) is 50.3 Å². The second-order valence-corrected chi connectivity index (χ2v) is 12.7. The smallest absolute Gasteiger partial charge is 0.228 e. The number of nitrogens with two attached hydrogens (primary N) is 1. The standard InChI is InChI=1S/C31H32FN5O4S.H2/c1-20-13-21(15-29(38)37-23(17-33)18-36-31(2,3)4)14-26(32)30(20)41-28-10-12-35-27-9-8-24(16-25(27)28)42(39,40)19-22-7-5-6-11-34-22;/h5-14,16-18H,15,19,33H2,1-4H3,(H,37,38);1H/b23-17+,36-18?;. The van der Waals surface area contributed by atoms with Gasteiger partial charge in [0.05, 0.1) is 39.5 Å². The summed E-state index contributed by atoms with van der Waals surface area (Å²) in [6.45, 7) is 7.39. The summed E-state index contributed by atoms with van der Waals surface area (Å²) in [5, 5.41) is 3.07. The topological polar surface area (TPSA) is 137 Å². The lowest BCUT2D eigenvalue weighted by molar-refractivity contribution is -0.119. The van der Waals surface area contributed by atoms with Gasteiger partial charge in [0.25, 0.3) is 0 Å². The van der Waals surface area contributed by atoms with Gasteiger partial charge in [-0.25, -0.2) is 12.8 Å². The number of aliphatic imine (C=N–C) groups is 1. The van der Waals surface area contributed by atoms with Gasteiger partial charge >= 0.3 is 0 Å². The monoisotopic (exact) mass is 591 g/mol. The molecule has 0 saturated carbocycles. The highest BCUT2D eigenvalue weighted by Crippen LogP contribution is 2.34. The summed E-state index contributed by atoms with van der Waals surface area (Å²) in [6.07, 6.45) is 5.65. The Labute approximate surface area is 245 Å². The number of fused-ring (bicyclic) bond motifs is 1. The molecule has 2 aromatic heterocycles. The first-order chi connectivity index (χ1) is 19.8. The van der Waals surface area contributed by atoms with Crippen molar-refractivity contribution in [3.8, 4) is 11.5 Å².